The van der Waals surface area contributed by atoms with Crippen molar-refractivity contribution in [3.63, 3.8) is 0 Å². The van der Waals surface area contributed by atoms with Crippen molar-refractivity contribution in [2.24, 2.45) is 5.92 Å². The molecule has 1 N–H and O–H groups in total. The standard InChI is InChI=1S/C20H38O9S/c1-18(22)19(7-6-10-29-20(23)8-4-3-5-9-21)17-30(24,25)16-15-28-14-13-27-12-11-26-2/h19,21H,3-17H2,1-2H3. The van der Waals surface area contributed by atoms with E-state index in [0.29, 0.717) is 58.5 Å². The molecule has 10 heteroatoms. The molecule has 0 rings (SSSR count). The molecule has 9 nitrogen and oxygen atoms in total. The lowest BCUT2D eigenvalue weighted by Gasteiger charge is -2.14. The number of ketones is 1. The monoisotopic (exact) mass is 454 g/mol. The number of ether oxygens (including phenoxy) is 4. The Bertz CT molecular complexity index is 548. The van der Waals surface area contributed by atoms with E-state index in [2.05, 4.69) is 0 Å². The lowest BCUT2D eigenvalue weighted by molar-refractivity contribution is -0.143. The summed E-state index contributed by atoms with van der Waals surface area (Å²) in [7, 11) is -1.86. The van der Waals surface area contributed by atoms with E-state index < -0.39 is 15.8 Å². The Kier molecular flexibility index (Phi) is 18.0. The number of rotatable bonds is 21. The van der Waals surface area contributed by atoms with Crippen molar-refractivity contribution in [1.29, 1.82) is 0 Å². The molecule has 178 valence electrons. The normalized spacial score (nSPS) is 12.6. The first kappa shape index (κ1) is 28.9. The van der Waals surface area contributed by atoms with Crippen LogP contribution in [0.25, 0.3) is 0 Å². The van der Waals surface area contributed by atoms with E-state index in [1.54, 1.807) is 7.11 Å². The van der Waals surface area contributed by atoms with Gasteiger partial charge in [-0.2, -0.15) is 0 Å². The molecule has 0 amide bonds. The first-order valence-electron chi connectivity index (χ1n) is 10.4. The molecule has 0 aliphatic rings. The Morgan fingerprint density at radius 3 is 2.20 bits per heavy atom. The van der Waals surface area contributed by atoms with E-state index in [9.17, 15) is 18.0 Å². The summed E-state index contributed by atoms with van der Waals surface area (Å²) in [5, 5.41) is 8.69. The first-order valence-corrected chi connectivity index (χ1v) is 12.3. The first-order chi connectivity index (χ1) is 14.3. The topological polar surface area (TPSA) is 125 Å². The highest BCUT2D eigenvalue weighted by atomic mass is 32.2. The third-order valence-electron chi connectivity index (χ3n) is 4.37. The maximum absolute atomic E-state index is 12.2. The molecule has 0 spiro atoms. The minimum Gasteiger partial charge on any atom is -0.466 e. The van der Waals surface area contributed by atoms with Crippen molar-refractivity contribution in [3.8, 4) is 0 Å². The highest BCUT2D eigenvalue weighted by molar-refractivity contribution is 7.91. The Labute approximate surface area is 180 Å². The van der Waals surface area contributed by atoms with Gasteiger partial charge in [0.2, 0.25) is 0 Å². The molecule has 0 aromatic rings. The van der Waals surface area contributed by atoms with Crippen molar-refractivity contribution < 1.29 is 42.1 Å². The van der Waals surface area contributed by atoms with Crippen LogP contribution in [0, 0.1) is 5.92 Å². The Morgan fingerprint density at radius 2 is 1.57 bits per heavy atom. The van der Waals surface area contributed by atoms with E-state index in [4.69, 9.17) is 24.1 Å². The van der Waals surface area contributed by atoms with E-state index in [1.165, 1.54) is 6.92 Å². The van der Waals surface area contributed by atoms with Crippen LogP contribution in [0.5, 0.6) is 0 Å². The van der Waals surface area contributed by atoms with Gasteiger partial charge in [-0.05, 0) is 32.6 Å². The molecule has 0 saturated carbocycles. The van der Waals surface area contributed by atoms with E-state index in [1.807, 2.05) is 0 Å². The summed E-state index contributed by atoms with van der Waals surface area (Å²) in [5.41, 5.74) is 0. The Balaban J connectivity index is 4.02. The fourth-order valence-electron chi connectivity index (χ4n) is 2.59. The fourth-order valence-corrected chi connectivity index (χ4v) is 4.14. The van der Waals surface area contributed by atoms with Crippen LogP contribution in [0.15, 0.2) is 0 Å². The van der Waals surface area contributed by atoms with Crippen molar-refractivity contribution in [2.75, 3.05) is 64.9 Å². The van der Waals surface area contributed by atoms with E-state index in [-0.39, 0.29) is 43.1 Å². The van der Waals surface area contributed by atoms with Gasteiger partial charge < -0.3 is 24.1 Å². The van der Waals surface area contributed by atoms with Crippen LogP contribution < -0.4 is 0 Å². The molecule has 30 heavy (non-hydrogen) atoms. The second-order valence-corrected chi connectivity index (χ2v) is 9.27. The second kappa shape index (κ2) is 18.7. The van der Waals surface area contributed by atoms with Gasteiger partial charge in [-0.25, -0.2) is 8.42 Å². The molecular formula is C20H38O9S. The molecule has 0 fully saturated rings. The van der Waals surface area contributed by atoms with Crippen molar-refractivity contribution in [1.82, 2.24) is 0 Å². The number of carbonyl (C=O) groups excluding carboxylic acids is 2. The molecule has 0 aromatic heterocycles. The van der Waals surface area contributed by atoms with Crippen LogP contribution in [-0.4, -0.2) is 90.1 Å². The van der Waals surface area contributed by atoms with Crippen LogP contribution in [0.2, 0.25) is 0 Å². The summed E-state index contributed by atoms with van der Waals surface area (Å²) >= 11 is 0. The van der Waals surface area contributed by atoms with Gasteiger partial charge in [0.05, 0.1) is 51.1 Å². The highest BCUT2D eigenvalue weighted by Crippen LogP contribution is 2.13. The van der Waals surface area contributed by atoms with Crippen LogP contribution in [0.1, 0.15) is 45.4 Å². The quantitative estimate of drug-likeness (QED) is 0.201. The molecule has 1 unspecified atom stereocenters. The number of hydrogen-bond donors (Lipinski definition) is 1. The lowest BCUT2D eigenvalue weighted by atomic mass is 10.0. The smallest absolute Gasteiger partial charge is 0.305 e. The number of esters is 1. The van der Waals surface area contributed by atoms with E-state index in [0.717, 1.165) is 6.42 Å². The molecule has 0 saturated heterocycles. The van der Waals surface area contributed by atoms with E-state index >= 15 is 0 Å². The minimum atomic E-state index is -3.43. The number of Topliss-reactive ketones (excluding diaryl/α,β-unsaturated/α-hetero) is 1. The van der Waals surface area contributed by atoms with Gasteiger partial charge in [0.1, 0.15) is 5.78 Å². The van der Waals surface area contributed by atoms with Crippen LogP contribution >= 0.6 is 0 Å². The van der Waals surface area contributed by atoms with Gasteiger partial charge in [0.25, 0.3) is 0 Å². The number of aliphatic hydroxyl groups is 1. The van der Waals surface area contributed by atoms with Crippen molar-refractivity contribution in [3.05, 3.63) is 0 Å². The molecule has 0 radical (unpaired) electrons. The number of carbonyl (C=O) groups is 2. The molecule has 0 heterocycles. The minimum absolute atomic E-state index is 0.0501. The molecule has 0 aliphatic carbocycles. The third kappa shape index (κ3) is 17.8. The Morgan fingerprint density at radius 1 is 0.900 bits per heavy atom. The number of unbranched alkanes of at least 4 members (excludes halogenated alkanes) is 2. The fraction of sp³-hybridized carbons (Fsp3) is 0.900. The predicted octanol–water partition coefficient (Wildman–Crippen LogP) is 1.16. The average molecular weight is 455 g/mol. The van der Waals surface area contributed by atoms with Gasteiger partial charge in [-0.15, -0.1) is 0 Å². The van der Waals surface area contributed by atoms with Gasteiger partial charge in [-0.1, -0.05) is 6.42 Å². The van der Waals surface area contributed by atoms with Gasteiger partial charge in [-0.3, -0.25) is 9.59 Å². The highest BCUT2D eigenvalue weighted by Gasteiger charge is 2.22. The SMILES string of the molecule is COCCOCCOCCS(=O)(=O)CC(CCCOC(=O)CCCCCO)C(C)=O. The number of sulfone groups is 1. The Hall–Kier alpha value is -1.07. The molecule has 1 atom stereocenters. The van der Waals surface area contributed by atoms with Gasteiger partial charge in [0, 0.05) is 26.1 Å². The number of aliphatic hydroxyl groups excluding tert-OH is 1. The third-order valence-corrected chi connectivity index (χ3v) is 6.07. The average Bonchev–Trinajstić information content (AvgIpc) is 2.69. The number of methoxy groups -OCH3 is 1. The number of hydrogen-bond acceptors (Lipinski definition) is 9. The summed E-state index contributed by atoms with van der Waals surface area (Å²) in [6.07, 6.45) is 3.16. The maximum atomic E-state index is 12.2. The van der Waals surface area contributed by atoms with Crippen LogP contribution in [0.4, 0.5) is 0 Å². The maximum Gasteiger partial charge on any atom is 0.305 e. The van der Waals surface area contributed by atoms with Crippen LogP contribution in [0.3, 0.4) is 0 Å². The summed E-state index contributed by atoms with van der Waals surface area (Å²) in [6, 6.07) is 0. The summed E-state index contributed by atoms with van der Waals surface area (Å²) in [6.45, 7) is 3.30. The predicted molar refractivity (Wildman–Crippen MR) is 112 cm³/mol. The zero-order valence-electron chi connectivity index (χ0n) is 18.3. The van der Waals surface area contributed by atoms with Crippen molar-refractivity contribution >= 4 is 21.6 Å². The molecule has 0 aliphatic heterocycles. The van der Waals surface area contributed by atoms with Gasteiger partial charge >= 0.3 is 5.97 Å². The molecule has 0 aromatic carbocycles. The molecule has 0 bridgehead atoms. The largest absolute Gasteiger partial charge is 0.466 e. The second-order valence-electron chi connectivity index (χ2n) is 7.04. The zero-order chi connectivity index (χ0) is 22.7. The lowest BCUT2D eigenvalue weighted by Crippen LogP contribution is -2.26. The van der Waals surface area contributed by atoms with Crippen LogP contribution in [-0.2, 0) is 38.4 Å². The zero-order valence-corrected chi connectivity index (χ0v) is 19.1. The molecular weight excluding hydrogens is 416 g/mol. The summed E-state index contributed by atoms with van der Waals surface area (Å²) in [4.78, 5) is 23.4. The van der Waals surface area contributed by atoms with Crippen molar-refractivity contribution in [2.45, 2.75) is 45.4 Å². The summed E-state index contributed by atoms with van der Waals surface area (Å²) in [5.74, 6) is -1.51. The summed E-state index contributed by atoms with van der Waals surface area (Å²) < 4.78 is 44.9. The van der Waals surface area contributed by atoms with Gasteiger partial charge in [0.15, 0.2) is 9.84 Å².